The second kappa shape index (κ2) is 19.3. The minimum Gasteiger partial charge on any atom is -0.497 e. The van der Waals surface area contributed by atoms with Crippen LogP contribution in [0.1, 0.15) is 44.1 Å². The first-order valence-electron chi connectivity index (χ1n) is 11.9. The number of hydrogen-bond acceptors (Lipinski definition) is 8. The molecule has 8 heteroatoms. The minimum absolute atomic E-state index is 0.474. The van der Waals surface area contributed by atoms with E-state index in [1.807, 2.05) is 12.1 Å². The van der Waals surface area contributed by atoms with Gasteiger partial charge in [-0.15, -0.1) is 0 Å². The first kappa shape index (κ1) is 28.9. The highest BCUT2D eigenvalue weighted by molar-refractivity contribution is 5.27. The van der Waals surface area contributed by atoms with Crippen molar-refractivity contribution in [3.8, 4) is 30.0 Å². The van der Waals surface area contributed by atoms with Crippen LogP contribution in [0.25, 0.3) is 0 Å². The maximum Gasteiger partial charge on any atom is 0.118 e. The molecule has 0 atom stereocenters. The van der Waals surface area contributed by atoms with Gasteiger partial charge in [0.05, 0.1) is 31.4 Å². The van der Waals surface area contributed by atoms with Gasteiger partial charge in [0.2, 0.25) is 0 Å². The molecule has 182 valence electrons. The Morgan fingerprint density at radius 2 is 0.971 bits per heavy atom. The number of nitrogens with zero attached hydrogens (tertiary/aromatic N) is 7. The van der Waals surface area contributed by atoms with E-state index >= 15 is 0 Å². The van der Waals surface area contributed by atoms with Crippen molar-refractivity contribution in [3.63, 3.8) is 0 Å². The van der Waals surface area contributed by atoms with Gasteiger partial charge in [-0.25, -0.2) is 0 Å². The van der Waals surface area contributed by atoms with Crippen LogP contribution in [0.4, 0.5) is 0 Å². The van der Waals surface area contributed by atoms with E-state index in [4.69, 9.17) is 25.8 Å². The van der Waals surface area contributed by atoms with Gasteiger partial charge in [-0.2, -0.15) is 21.0 Å². The molecule has 0 spiro atoms. The van der Waals surface area contributed by atoms with Crippen LogP contribution in [-0.2, 0) is 6.54 Å². The van der Waals surface area contributed by atoms with E-state index in [1.165, 1.54) is 5.56 Å². The molecule has 0 unspecified atom stereocenters. The molecule has 0 aliphatic carbocycles. The van der Waals surface area contributed by atoms with Crippen molar-refractivity contribution in [2.24, 2.45) is 0 Å². The van der Waals surface area contributed by atoms with Gasteiger partial charge in [0.1, 0.15) is 5.75 Å². The van der Waals surface area contributed by atoms with E-state index in [1.54, 1.807) is 7.11 Å². The second-order valence-corrected chi connectivity index (χ2v) is 8.15. The van der Waals surface area contributed by atoms with E-state index < -0.39 is 0 Å². The van der Waals surface area contributed by atoms with Crippen LogP contribution in [0, 0.1) is 45.3 Å². The molecule has 1 aromatic rings. The van der Waals surface area contributed by atoms with Crippen molar-refractivity contribution >= 4 is 0 Å². The largest absolute Gasteiger partial charge is 0.497 e. The fourth-order valence-electron chi connectivity index (χ4n) is 3.80. The monoisotopic (exact) mass is 463 g/mol. The second-order valence-electron chi connectivity index (χ2n) is 8.15. The van der Waals surface area contributed by atoms with Crippen molar-refractivity contribution in [1.82, 2.24) is 14.7 Å². The lowest BCUT2D eigenvalue weighted by atomic mass is 10.2. The average molecular weight is 464 g/mol. The Labute approximate surface area is 205 Å². The van der Waals surface area contributed by atoms with E-state index in [0.717, 1.165) is 51.3 Å². The Balaban J connectivity index is 2.68. The van der Waals surface area contributed by atoms with E-state index in [0.29, 0.717) is 51.9 Å². The predicted molar refractivity (Wildman–Crippen MR) is 131 cm³/mol. The van der Waals surface area contributed by atoms with Crippen molar-refractivity contribution in [1.29, 1.82) is 21.0 Å². The van der Waals surface area contributed by atoms with Crippen LogP contribution in [0.15, 0.2) is 24.3 Å². The summed E-state index contributed by atoms with van der Waals surface area (Å²) < 4.78 is 5.27. The van der Waals surface area contributed by atoms with Gasteiger partial charge in [-0.3, -0.25) is 4.90 Å². The van der Waals surface area contributed by atoms with Gasteiger partial charge < -0.3 is 14.5 Å². The zero-order valence-corrected chi connectivity index (χ0v) is 20.5. The van der Waals surface area contributed by atoms with Crippen LogP contribution < -0.4 is 4.74 Å². The summed E-state index contributed by atoms with van der Waals surface area (Å²) in [4.78, 5) is 6.83. The molecule has 0 aliphatic rings. The summed E-state index contributed by atoms with van der Waals surface area (Å²) in [7, 11) is 1.66. The van der Waals surface area contributed by atoms with Crippen molar-refractivity contribution in [3.05, 3.63) is 29.8 Å². The number of ether oxygens (including phenoxy) is 1. The third-order valence-corrected chi connectivity index (χ3v) is 5.62. The van der Waals surface area contributed by atoms with Crippen LogP contribution >= 0.6 is 0 Å². The number of methoxy groups -OCH3 is 1. The third kappa shape index (κ3) is 13.4. The molecule has 0 saturated carbocycles. The van der Waals surface area contributed by atoms with Gasteiger partial charge in [-0.05, 0) is 56.7 Å². The molecule has 0 aliphatic heterocycles. The molecule has 0 radical (unpaired) electrons. The molecule has 0 amide bonds. The summed E-state index contributed by atoms with van der Waals surface area (Å²) >= 11 is 0. The fourth-order valence-corrected chi connectivity index (χ4v) is 3.80. The Morgan fingerprint density at radius 1 is 0.588 bits per heavy atom. The van der Waals surface area contributed by atoms with Crippen molar-refractivity contribution in [2.75, 3.05) is 59.5 Å². The lowest BCUT2D eigenvalue weighted by molar-refractivity contribution is 0.206. The smallest absolute Gasteiger partial charge is 0.118 e. The molecule has 1 rings (SSSR count). The summed E-state index contributed by atoms with van der Waals surface area (Å²) in [6, 6.07) is 16.9. The Hall–Kier alpha value is -3.14. The normalized spacial score (nSPS) is 10.6. The van der Waals surface area contributed by atoms with Gasteiger partial charge in [0, 0.05) is 58.4 Å². The van der Waals surface area contributed by atoms with Gasteiger partial charge >= 0.3 is 0 Å². The third-order valence-electron chi connectivity index (χ3n) is 5.62. The predicted octanol–water partition coefficient (Wildman–Crippen LogP) is 3.54. The first-order chi connectivity index (χ1) is 16.7. The molecular weight excluding hydrogens is 426 g/mol. The van der Waals surface area contributed by atoms with Crippen LogP contribution in [0.2, 0.25) is 0 Å². The van der Waals surface area contributed by atoms with Crippen molar-refractivity contribution in [2.45, 2.75) is 45.1 Å². The highest BCUT2D eigenvalue weighted by atomic mass is 16.5. The molecule has 0 heterocycles. The summed E-state index contributed by atoms with van der Waals surface area (Å²) in [5.41, 5.74) is 1.22. The zero-order chi connectivity index (χ0) is 24.9. The molecule has 0 bridgehead atoms. The Morgan fingerprint density at radius 3 is 1.32 bits per heavy atom. The van der Waals surface area contributed by atoms with Gasteiger partial charge in [-0.1, -0.05) is 12.1 Å². The summed E-state index contributed by atoms with van der Waals surface area (Å²) in [5.74, 6) is 0.839. The average Bonchev–Trinajstić information content (AvgIpc) is 2.86. The molecule has 0 saturated heterocycles. The maximum absolute atomic E-state index is 8.91. The van der Waals surface area contributed by atoms with Crippen molar-refractivity contribution < 1.29 is 4.74 Å². The molecule has 34 heavy (non-hydrogen) atoms. The van der Waals surface area contributed by atoms with Crippen LogP contribution in [0.5, 0.6) is 5.75 Å². The highest BCUT2D eigenvalue weighted by Crippen LogP contribution is 2.14. The number of nitriles is 4. The number of rotatable bonds is 19. The molecule has 0 fully saturated rings. The SMILES string of the molecule is COc1ccc(CN(CCCN(CCC#N)CCC#N)CCCN(CCC#N)CCC#N)cc1. The summed E-state index contributed by atoms with van der Waals surface area (Å²) in [6.07, 6.45) is 3.81. The lowest BCUT2D eigenvalue weighted by Gasteiger charge is -2.27. The minimum atomic E-state index is 0.474. The Kier molecular flexibility index (Phi) is 16.4. The van der Waals surface area contributed by atoms with E-state index in [-0.39, 0.29) is 0 Å². The van der Waals surface area contributed by atoms with Crippen LogP contribution in [0.3, 0.4) is 0 Å². The number of hydrogen-bond donors (Lipinski definition) is 0. The van der Waals surface area contributed by atoms with Gasteiger partial charge in [0.15, 0.2) is 0 Å². The topological polar surface area (TPSA) is 114 Å². The fraction of sp³-hybridized carbons (Fsp3) is 0.615. The Bertz CT molecular complexity index is 747. The first-order valence-corrected chi connectivity index (χ1v) is 11.9. The lowest BCUT2D eigenvalue weighted by Crippen LogP contribution is -2.33. The molecule has 0 N–H and O–H groups in total. The zero-order valence-electron chi connectivity index (χ0n) is 20.5. The quantitative estimate of drug-likeness (QED) is 0.306. The summed E-state index contributed by atoms with van der Waals surface area (Å²) in [6.45, 7) is 7.17. The molecule has 0 aromatic heterocycles. The summed E-state index contributed by atoms with van der Waals surface area (Å²) in [5, 5.41) is 35.6. The molecule has 8 nitrogen and oxygen atoms in total. The highest BCUT2D eigenvalue weighted by Gasteiger charge is 2.11. The molecule has 1 aromatic carbocycles. The molecular formula is C26H37N7O. The number of benzene rings is 1. The maximum atomic E-state index is 8.91. The van der Waals surface area contributed by atoms with E-state index in [9.17, 15) is 0 Å². The van der Waals surface area contributed by atoms with Crippen LogP contribution in [-0.4, -0.2) is 74.2 Å². The standard InChI is InChI=1S/C26H37N7O/c1-34-26-10-8-25(9-11-26)24-33(22-6-20-31(16-2-12-27)17-3-13-28)23-7-21-32(18-4-14-29)19-5-15-30/h8-11H,2-7,16-24H2,1H3. The van der Waals surface area contributed by atoms with Gasteiger partial charge in [0.25, 0.3) is 0 Å². The van der Waals surface area contributed by atoms with E-state index in [2.05, 4.69) is 51.1 Å².